The van der Waals surface area contributed by atoms with Crippen molar-refractivity contribution < 1.29 is 50.9 Å². The molecule has 0 aliphatic rings. The van der Waals surface area contributed by atoms with Gasteiger partial charge in [-0.15, -0.1) is 24.5 Å². The Labute approximate surface area is 205 Å². The molecular formula is C21H13F3N2O8S2. The van der Waals surface area contributed by atoms with Crippen LogP contribution in [-0.2, 0) is 10.0 Å². The lowest BCUT2D eigenvalue weighted by molar-refractivity contribution is -0.274. The van der Waals surface area contributed by atoms with Crippen molar-refractivity contribution in [3.63, 3.8) is 0 Å². The number of carboxylic acid groups (broad SMARTS) is 2. The van der Waals surface area contributed by atoms with Crippen LogP contribution in [0.3, 0.4) is 0 Å². The van der Waals surface area contributed by atoms with Crippen molar-refractivity contribution in [2.75, 3.05) is 11.8 Å². The minimum Gasteiger partial charge on any atom is -0.495 e. The highest BCUT2D eigenvalue weighted by Gasteiger charge is 2.33. The summed E-state index contributed by atoms with van der Waals surface area (Å²) < 4.78 is 74.1. The van der Waals surface area contributed by atoms with Crippen molar-refractivity contribution in [2.45, 2.75) is 11.4 Å². The Bertz CT molecular complexity index is 1510. The highest BCUT2D eigenvalue weighted by Crippen LogP contribution is 2.29. The number of rotatable bonds is 7. The molecule has 188 valence electrons. The molecule has 0 spiro atoms. The summed E-state index contributed by atoms with van der Waals surface area (Å²) >= 11 is 0.827. The van der Waals surface area contributed by atoms with Crippen molar-refractivity contribution in [2.24, 2.45) is 0 Å². The molecule has 0 aliphatic heterocycles. The van der Waals surface area contributed by atoms with E-state index in [9.17, 15) is 31.2 Å². The third-order valence-electron chi connectivity index (χ3n) is 4.20. The number of hydrogen-bond donors (Lipinski definition) is 3. The number of aromatic nitrogens is 1. The first kappa shape index (κ1) is 26.3. The molecule has 0 amide bonds. The van der Waals surface area contributed by atoms with Gasteiger partial charge < -0.3 is 19.7 Å². The maximum Gasteiger partial charge on any atom is 0.573 e. The van der Waals surface area contributed by atoms with Crippen LogP contribution in [0, 0.1) is 11.8 Å². The normalized spacial score (nSPS) is 11.2. The van der Waals surface area contributed by atoms with E-state index in [1.54, 1.807) is 0 Å². The zero-order valence-electron chi connectivity index (χ0n) is 17.8. The molecule has 0 radical (unpaired) electrons. The van der Waals surface area contributed by atoms with Crippen LogP contribution >= 0.6 is 11.3 Å². The maximum atomic E-state index is 12.7. The Kier molecular flexibility index (Phi) is 7.41. The van der Waals surface area contributed by atoms with E-state index in [4.69, 9.17) is 14.9 Å². The Morgan fingerprint density at radius 1 is 1.06 bits per heavy atom. The summed E-state index contributed by atoms with van der Waals surface area (Å²) in [5.74, 6) is 1.08. The number of halogens is 3. The number of anilines is 1. The third kappa shape index (κ3) is 6.43. The summed E-state index contributed by atoms with van der Waals surface area (Å²) in [7, 11) is -3.01. The van der Waals surface area contributed by atoms with E-state index in [-0.39, 0.29) is 27.6 Å². The van der Waals surface area contributed by atoms with Gasteiger partial charge in [0.2, 0.25) is 0 Å². The molecule has 10 nitrogen and oxygen atoms in total. The molecule has 0 saturated heterocycles. The summed E-state index contributed by atoms with van der Waals surface area (Å²) in [6.45, 7) is 0. The number of hydrogen-bond acceptors (Lipinski definition) is 8. The predicted molar refractivity (Wildman–Crippen MR) is 119 cm³/mol. The maximum absolute atomic E-state index is 12.7. The van der Waals surface area contributed by atoms with Crippen LogP contribution in [0.1, 0.15) is 31.3 Å². The topological polar surface area (TPSA) is 152 Å². The van der Waals surface area contributed by atoms with Gasteiger partial charge in [-0.1, -0.05) is 5.92 Å². The molecule has 2 aromatic carbocycles. The van der Waals surface area contributed by atoms with E-state index >= 15 is 0 Å². The second kappa shape index (κ2) is 10.1. The Balaban J connectivity index is 1.85. The first-order chi connectivity index (χ1) is 16.8. The molecule has 1 aromatic heterocycles. The number of methoxy groups -OCH3 is 1. The Hall–Kier alpha value is -4.29. The van der Waals surface area contributed by atoms with Gasteiger partial charge in [-0.05, 0) is 42.3 Å². The van der Waals surface area contributed by atoms with Gasteiger partial charge in [0.15, 0.2) is 10.0 Å². The molecule has 0 unspecified atom stereocenters. The molecular weight excluding hydrogens is 529 g/mol. The summed E-state index contributed by atoms with van der Waals surface area (Å²) in [5, 5.41) is 18.8. The average molecular weight is 542 g/mol. The summed E-state index contributed by atoms with van der Waals surface area (Å²) in [5.41, 5.74) is -0.932. The van der Waals surface area contributed by atoms with E-state index in [0.29, 0.717) is 0 Å². The van der Waals surface area contributed by atoms with Gasteiger partial charge in [0, 0.05) is 10.9 Å². The second-order valence-electron chi connectivity index (χ2n) is 6.63. The van der Waals surface area contributed by atoms with Crippen LogP contribution in [0.5, 0.6) is 11.5 Å². The van der Waals surface area contributed by atoms with Crippen molar-refractivity contribution in [1.82, 2.24) is 4.98 Å². The van der Waals surface area contributed by atoms with Crippen LogP contribution in [0.4, 0.5) is 18.9 Å². The molecule has 3 aromatic rings. The molecule has 15 heteroatoms. The standard InChI is InChI=1S/C21H13F3N2O8S2/c1-33-16-9-12(19(27)28)4-6-14(16)26-36(31,32)18-10-35-17(25-18)7-3-11-2-5-13(20(29)30)15(8-11)34-21(22,23)24/h2,4-6,8-10,26H,1H3,(H,27,28)(H,29,30). The fourth-order valence-electron chi connectivity index (χ4n) is 2.66. The summed E-state index contributed by atoms with van der Waals surface area (Å²) in [6.07, 6.45) is -5.13. The van der Waals surface area contributed by atoms with Gasteiger partial charge in [-0.2, -0.15) is 8.42 Å². The van der Waals surface area contributed by atoms with Gasteiger partial charge >= 0.3 is 18.3 Å². The number of alkyl halides is 3. The summed E-state index contributed by atoms with van der Waals surface area (Å²) in [6, 6.07) is 6.33. The quantitative estimate of drug-likeness (QED) is 0.380. The zero-order valence-corrected chi connectivity index (χ0v) is 19.4. The lowest BCUT2D eigenvalue weighted by Gasteiger charge is -2.11. The number of carbonyl (C=O) groups is 2. The fourth-order valence-corrected chi connectivity index (χ4v) is 4.67. The SMILES string of the molecule is COc1cc(C(=O)O)ccc1NS(=O)(=O)c1csc(C#Cc2ccc(C(=O)O)c(OC(F)(F)F)c2)n1. The van der Waals surface area contributed by atoms with E-state index in [1.165, 1.54) is 19.2 Å². The number of nitrogens with zero attached hydrogens (tertiary/aromatic N) is 1. The predicted octanol–water partition coefficient (Wildman–Crippen LogP) is 3.65. The zero-order chi connectivity index (χ0) is 26.7. The number of thiazole rings is 1. The summed E-state index contributed by atoms with van der Waals surface area (Å²) in [4.78, 5) is 26.1. The highest BCUT2D eigenvalue weighted by atomic mass is 32.2. The second-order valence-corrected chi connectivity index (χ2v) is 9.12. The fraction of sp³-hybridized carbons (Fsp3) is 0.0952. The van der Waals surface area contributed by atoms with Crippen LogP contribution in [-0.4, -0.2) is 49.0 Å². The molecule has 0 saturated carbocycles. The Morgan fingerprint density at radius 2 is 1.78 bits per heavy atom. The monoisotopic (exact) mass is 542 g/mol. The smallest absolute Gasteiger partial charge is 0.495 e. The molecule has 0 fully saturated rings. The lowest BCUT2D eigenvalue weighted by Crippen LogP contribution is -2.19. The van der Waals surface area contributed by atoms with Gasteiger partial charge in [0.05, 0.1) is 18.4 Å². The van der Waals surface area contributed by atoms with Gasteiger partial charge in [-0.25, -0.2) is 14.6 Å². The highest BCUT2D eigenvalue weighted by molar-refractivity contribution is 7.92. The molecule has 3 rings (SSSR count). The molecule has 36 heavy (non-hydrogen) atoms. The first-order valence-electron chi connectivity index (χ1n) is 9.34. The van der Waals surface area contributed by atoms with E-state index in [1.807, 2.05) is 0 Å². The van der Waals surface area contributed by atoms with Gasteiger partial charge in [0.25, 0.3) is 10.0 Å². The van der Waals surface area contributed by atoms with Gasteiger partial charge in [-0.3, -0.25) is 4.72 Å². The molecule has 0 atom stereocenters. The minimum atomic E-state index is -5.13. The van der Waals surface area contributed by atoms with Crippen LogP contribution in [0.15, 0.2) is 46.8 Å². The van der Waals surface area contributed by atoms with Crippen molar-refractivity contribution in [3.05, 3.63) is 63.5 Å². The van der Waals surface area contributed by atoms with Crippen molar-refractivity contribution in [3.8, 4) is 23.3 Å². The van der Waals surface area contributed by atoms with Crippen molar-refractivity contribution in [1.29, 1.82) is 0 Å². The number of aromatic carboxylic acids is 2. The number of benzene rings is 2. The largest absolute Gasteiger partial charge is 0.573 e. The van der Waals surface area contributed by atoms with E-state index < -0.39 is 44.7 Å². The number of ether oxygens (including phenoxy) is 2. The van der Waals surface area contributed by atoms with E-state index in [0.717, 1.165) is 41.0 Å². The van der Waals surface area contributed by atoms with Crippen LogP contribution in [0.2, 0.25) is 0 Å². The van der Waals surface area contributed by atoms with Crippen molar-refractivity contribution >= 4 is 39.0 Å². The van der Waals surface area contributed by atoms with E-state index in [2.05, 4.69) is 26.3 Å². The molecule has 0 aliphatic carbocycles. The number of nitrogens with one attached hydrogen (secondary N) is 1. The average Bonchev–Trinajstić information content (AvgIpc) is 3.26. The van der Waals surface area contributed by atoms with Crippen LogP contribution < -0.4 is 14.2 Å². The molecule has 1 heterocycles. The van der Waals surface area contributed by atoms with Crippen LogP contribution in [0.25, 0.3) is 0 Å². The Morgan fingerprint density at radius 3 is 2.39 bits per heavy atom. The minimum absolute atomic E-state index is 0.0100. The van der Waals surface area contributed by atoms with Gasteiger partial charge in [0.1, 0.15) is 17.1 Å². The molecule has 3 N–H and O–H groups in total. The molecule has 0 bridgehead atoms. The number of sulfonamides is 1. The third-order valence-corrected chi connectivity index (χ3v) is 6.36. The number of carboxylic acids is 2. The first-order valence-corrected chi connectivity index (χ1v) is 11.7. The lowest BCUT2D eigenvalue weighted by atomic mass is 10.1.